The van der Waals surface area contributed by atoms with E-state index in [0.717, 1.165) is 6.08 Å². The highest BCUT2D eigenvalue weighted by atomic mass is 19.1. The number of hydrogen-bond acceptors (Lipinski definition) is 3. The van der Waals surface area contributed by atoms with Crippen molar-refractivity contribution in [3.05, 3.63) is 77.4 Å². The van der Waals surface area contributed by atoms with Crippen LogP contribution < -0.4 is 0 Å². The predicted octanol–water partition coefficient (Wildman–Crippen LogP) is 3.35. The van der Waals surface area contributed by atoms with E-state index >= 15 is 0 Å². The van der Waals surface area contributed by atoms with Gasteiger partial charge in [-0.15, -0.1) is 0 Å². The lowest BCUT2D eigenvalue weighted by atomic mass is 9.95. The molecule has 2 aromatic carbocycles. The molecule has 1 N–H and O–H groups in total. The Morgan fingerprint density at radius 3 is 2.19 bits per heavy atom. The molecule has 0 bridgehead atoms. The maximum Gasteiger partial charge on any atom is 0.200 e. The van der Waals surface area contributed by atoms with Crippen LogP contribution in [0, 0.1) is 0 Å². The minimum absolute atomic E-state index is 0.0264. The van der Waals surface area contributed by atoms with Gasteiger partial charge in [-0.2, -0.15) is 0 Å². The third-order valence-corrected chi connectivity index (χ3v) is 2.96. The van der Waals surface area contributed by atoms with Crippen LogP contribution in [-0.2, 0) is 0 Å². The molecule has 0 radical (unpaired) electrons. The fourth-order valence-corrected chi connectivity index (χ4v) is 1.92. The number of carbonyl (C=O) groups excluding carboxylic acids is 2. The lowest BCUT2D eigenvalue weighted by molar-refractivity contribution is 0.0960. The molecule has 0 saturated carbocycles. The van der Waals surface area contributed by atoms with Gasteiger partial charge in [-0.25, -0.2) is 4.39 Å². The van der Waals surface area contributed by atoms with Crippen molar-refractivity contribution in [3.63, 3.8) is 0 Å². The number of hydrogen-bond donors (Lipinski definition) is 1. The molecule has 4 heteroatoms. The van der Waals surface area contributed by atoms with E-state index in [9.17, 15) is 19.1 Å². The SMILES string of the molecule is O=C(/C(=C\CF)C(=O)c1ccccc1O)c1ccccc1. The molecular weight excluding hydrogens is 271 g/mol. The highest BCUT2D eigenvalue weighted by Crippen LogP contribution is 2.21. The van der Waals surface area contributed by atoms with Gasteiger partial charge >= 0.3 is 0 Å². The van der Waals surface area contributed by atoms with Gasteiger partial charge in [0.05, 0.1) is 11.1 Å². The number of ketones is 2. The number of carbonyl (C=O) groups is 2. The molecule has 106 valence electrons. The van der Waals surface area contributed by atoms with Crippen molar-refractivity contribution in [3.8, 4) is 5.75 Å². The second-order valence-electron chi connectivity index (χ2n) is 4.31. The second-order valence-corrected chi connectivity index (χ2v) is 4.31. The van der Waals surface area contributed by atoms with E-state index in [1.165, 1.54) is 12.1 Å². The molecule has 3 nitrogen and oxygen atoms in total. The van der Waals surface area contributed by atoms with E-state index in [-0.39, 0.29) is 16.9 Å². The lowest BCUT2D eigenvalue weighted by Crippen LogP contribution is -2.14. The predicted molar refractivity (Wildman–Crippen MR) is 77.3 cm³/mol. The Morgan fingerprint density at radius 1 is 0.952 bits per heavy atom. The Kier molecular flexibility index (Phi) is 4.61. The molecule has 0 amide bonds. The highest BCUT2D eigenvalue weighted by molar-refractivity contribution is 6.31. The van der Waals surface area contributed by atoms with Gasteiger partial charge in [0, 0.05) is 5.56 Å². The van der Waals surface area contributed by atoms with Crippen LogP contribution >= 0.6 is 0 Å². The van der Waals surface area contributed by atoms with Gasteiger partial charge in [0.2, 0.25) is 0 Å². The van der Waals surface area contributed by atoms with Gasteiger partial charge in [-0.1, -0.05) is 42.5 Å². The van der Waals surface area contributed by atoms with E-state index in [4.69, 9.17) is 0 Å². The van der Waals surface area contributed by atoms with Gasteiger partial charge in [-0.3, -0.25) is 9.59 Å². The molecule has 0 aliphatic heterocycles. The summed E-state index contributed by atoms with van der Waals surface area (Å²) in [7, 11) is 0. The molecule has 0 atom stereocenters. The summed E-state index contributed by atoms with van der Waals surface area (Å²) in [6, 6.07) is 14.0. The number of para-hydroxylation sites is 1. The number of allylic oxidation sites excluding steroid dienone is 2. The minimum Gasteiger partial charge on any atom is -0.507 e. The van der Waals surface area contributed by atoms with E-state index in [0.29, 0.717) is 5.56 Å². The Hall–Kier alpha value is -2.75. The number of benzene rings is 2. The summed E-state index contributed by atoms with van der Waals surface area (Å²) in [5.41, 5.74) is -0.0207. The maximum atomic E-state index is 12.7. The van der Waals surface area contributed by atoms with Crippen molar-refractivity contribution < 1.29 is 19.1 Å². The molecular formula is C17H13FO3. The molecule has 0 unspecified atom stereocenters. The Morgan fingerprint density at radius 2 is 1.57 bits per heavy atom. The lowest BCUT2D eigenvalue weighted by Gasteiger charge is -2.07. The normalized spacial score (nSPS) is 11.2. The maximum absolute atomic E-state index is 12.7. The average molecular weight is 284 g/mol. The zero-order valence-electron chi connectivity index (χ0n) is 11.1. The van der Waals surface area contributed by atoms with Crippen molar-refractivity contribution >= 4 is 11.6 Å². The van der Waals surface area contributed by atoms with Crippen LogP contribution in [0.15, 0.2) is 66.2 Å². The van der Waals surface area contributed by atoms with Crippen LogP contribution in [0.3, 0.4) is 0 Å². The fraction of sp³-hybridized carbons (Fsp3) is 0.0588. The van der Waals surface area contributed by atoms with Crippen molar-refractivity contribution in [2.45, 2.75) is 0 Å². The van der Waals surface area contributed by atoms with Crippen LogP contribution in [0.5, 0.6) is 5.75 Å². The fourth-order valence-electron chi connectivity index (χ4n) is 1.92. The van der Waals surface area contributed by atoms with Gasteiger partial charge in [-0.05, 0) is 18.2 Å². The number of halogens is 1. The van der Waals surface area contributed by atoms with Crippen molar-refractivity contribution in [1.29, 1.82) is 0 Å². The first-order valence-electron chi connectivity index (χ1n) is 6.33. The molecule has 21 heavy (non-hydrogen) atoms. The summed E-state index contributed by atoms with van der Waals surface area (Å²) in [6.45, 7) is -0.937. The van der Waals surface area contributed by atoms with E-state index in [1.54, 1.807) is 42.5 Å². The summed E-state index contributed by atoms with van der Waals surface area (Å²) in [5.74, 6) is -1.51. The summed E-state index contributed by atoms with van der Waals surface area (Å²) in [4.78, 5) is 24.7. The quantitative estimate of drug-likeness (QED) is 0.396. The third kappa shape index (κ3) is 3.23. The molecule has 0 aliphatic rings. The molecule has 0 aromatic heterocycles. The van der Waals surface area contributed by atoms with Crippen molar-refractivity contribution in [1.82, 2.24) is 0 Å². The Bertz CT molecular complexity index is 690. The van der Waals surface area contributed by atoms with Crippen LogP contribution in [-0.4, -0.2) is 23.3 Å². The number of Topliss-reactive ketones (excluding diaryl/α,β-unsaturated/α-hetero) is 2. The molecule has 0 saturated heterocycles. The van der Waals surface area contributed by atoms with Crippen LogP contribution in [0.1, 0.15) is 20.7 Å². The summed E-state index contributed by atoms with van der Waals surface area (Å²) < 4.78 is 12.7. The Balaban J connectivity index is 2.41. The first-order chi connectivity index (χ1) is 10.1. The van der Waals surface area contributed by atoms with Gasteiger partial charge < -0.3 is 5.11 Å². The highest BCUT2D eigenvalue weighted by Gasteiger charge is 2.22. The third-order valence-electron chi connectivity index (χ3n) is 2.96. The molecule has 2 rings (SSSR count). The summed E-state index contributed by atoms with van der Waals surface area (Å²) in [5, 5.41) is 9.70. The van der Waals surface area contributed by atoms with Crippen LogP contribution in [0.25, 0.3) is 0 Å². The molecule has 2 aromatic rings. The van der Waals surface area contributed by atoms with Crippen molar-refractivity contribution in [2.24, 2.45) is 0 Å². The summed E-state index contributed by atoms with van der Waals surface area (Å²) in [6.07, 6.45) is 0.935. The van der Waals surface area contributed by atoms with Crippen LogP contribution in [0.2, 0.25) is 0 Å². The second kappa shape index (κ2) is 6.61. The molecule has 0 heterocycles. The number of alkyl halides is 1. The first kappa shape index (κ1) is 14.7. The molecule has 0 spiro atoms. The van der Waals surface area contributed by atoms with Gasteiger partial charge in [0.15, 0.2) is 11.6 Å². The van der Waals surface area contributed by atoms with Gasteiger partial charge in [0.25, 0.3) is 0 Å². The van der Waals surface area contributed by atoms with Crippen molar-refractivity contribution in [2.75, 3.05) is 6.67 Å². The minimum atomic E-state index is -0.937. The average Bonchev–Trinajstić information content (AvgIpc) is 2.52. The van der Waals surface area contributed by atoms with E-state index < -0.39 is 18.2 Å². The number of phenols is 1. The first-order valence-corrected chi connectivity index (χ1v) is 6.33. The monoisotopic (exact) mass is 284 g/mol. The summed E-state index contributed by atoms with van der Waals surface area (Å²) >= 11 is 0. The molecule has 0 aliphatic carbocycles. The number of aromatic hydroxyl groups is 1. The number of phenolic OH excluding ortho intramolecular Hbond substituents is 1. The standard InChI is InChI=1S/C17H13FO3/c18-11-10-14(16(20)12-6-2-1-3-7-12)17(21)13-8-4-5-9-15(13)19/h1-10,19H,11H2/b14-10+. The van der Waals surface area contributed by atoms with Gasteiger partial charge in [0.1, 0.15) is 12.4 Å². The smallest absolute Gasteiger partial charge is 0.200 e. The molecule has 0 fully saturated rings. The zero-order chi connectivity index (χ0) is 15.2. The Labute approximate surface area is 121 Å². The topological polar surface area (TPSA) is 54.4 Å². The number of rotatable bonds is 5. The zero-order valence-corrected chi connectivity index (χ0v) is 11.1. The van der Waals surface area contributed by atoms with Crippen LogP contribution in [0.4, 0.5) is 4.39 Å². The van der Waals surface area contributed by atoms with E-state index in [2.05, 4.69) is 0 Å². The van der Waals surface area contributed by atoms with E-state index in [1.807, 2.05) is 0 Å². The largest absolute Gasteiger partial charge is 0.507 e.